The summed E-state index contributed by atoms with van der Waals surface area (Å²) in [7, 11) is 0. The van der Waals surface area contributed by atoms with Crippen molar-refractivity contribution in [1.82, 2.24) is 4.98 Å². The molecule has 0 saturated carbocycles. The largest absolute Gasteiger partial charge is 0.308 e. The Morgan fingerprint density at radius 1 is 1.38 bits per heavy atom. The second-order valence-electron chi connectivity index (χ2n) is 3.33. The van der Waals surface area contributed by atoms with Gasteiger partial charge >= 0.3 is 0 Å². The van der Waals surface area contributed by atoms with Gasteiger partial charge in [-0.2, -0.15) is 0 Å². The number of aryl methyl sites for hydroxylation is 1. The fraction of sp³-hybridized carbons (Fsp3) is 0.182. The van der Waals surface area contributed by atoms with Gasteiger partial charge in [-0.15, -0.1) is 12.4 Å². The van der Waals surface area contributed by atoms with Gasteiger partial charge < -0.3 is 5.43 Å². The molecular weight excluding hydrogens is 289 g/mol. The maximum atomic E-state index is 5.43. The first-order valence-corrected chi connectivity index (χ1v) is 5.59. The first-order chi connectivity index (χ1) is 7.24. The lowest BCUT2D eigenvalue weighted by Crippen LogP contribution is -2.11. The molecule has 1 heterocycles. The van der Waals surface area contributed by atoms with E-state index in [9.17, 15) is 0 Å². The van der Waals surface area contributed by atoms with E-state index in [0.29, 0.717) is 0 Å². The highest BCUT2D eigenvalue weighted by molar-refractivity contribution is 9.10. The van der Waals surface area contributed by atoms with Crippen molar-refractivity contribution in [1.29, 1.82) is 0 Å². The minimum Gasteiger partial charge on any atom is -0.308 e. The third-order valence-electron chi connectivity index (χ3n) is 2.37. The highest BCUT2D eigenvalue weighted by Gasteiger charge is 2.04. The standard InChI is InChI=1S/C11H12BrN3.ClH/c1-2-7-5-8-6-9(12)3-4-10(8)14-11(7)15-13;/h3-6H,2,13H2,1H3,(H,14,15);1H. The molecule has 0 aliphatic heterocycles. The lowest BCUT2D eigenvalue weighted by atomic mass is 10.1. The third-order valence-corrected chi connectivity index (χ3v) is 2.87. The normalized spacial score (nSPS) is 9.94. The van der Waals surface area contributed by atoms with Crippen LogP contribution < -0.4 is 11.3 Å². The molecule has 86 valence electrons. The molecule has 0 saturated heterocycles. The topological polar surface area (TPSA) is 50.9 Å². The Balaban J connectivity index is 0.00000128. The third kappa shape index (κ3) is 2.45. The van der Waals surface area contributed by atoms with Crippen LogP contribution >= 0.6 is 28.3 Å². The number of pyridine rings is 1. The van der Waals surface area contributed by atoms with Crippen molar-refractivity contribution in [2.45, 2.75) is 13.3 Å². The maximum absolute atomic E-state index is 5.43. The van der Waals surface area contributed by atoms with Crippen LogP contribution in [-0.2, 0) is 6.42 Å². The Hall–Kier alpha value is -0.840. The van der Waals surface area contributed by atoms with Crippen LogP contribution in [0.2, 0.25) is 0 Å². The highest BCUT2D eigenvalue weighted by atomic mass is 79.9. The summed E-state index contributed by atoms with van der Waals surface area (Å²) in [5.41, 5.74) is 4.71. The predicted octanol–water partition coefficient (Wildman–Crippen LogP) is 3.27. The van der Waals surface area contributed by atoms with E-state index in [0.717, 1.165) is 33.2 Å². The first kappa shape index (κ1) is 13.2. The summed E-state index contributed by atoms with van der Waals surface area (Å²) in [6.45, 7) is 2.08. The summed E-state index contributed by atoms with van der Waals surface area (Å²) >= 11 is 3.45. The minimum absolute atomic E-state index is 0. The molecule has 0 amide bonds. The van der Waals surface area contributed by atoms with E-state index in [1.807, 2.05) is 12.1 Å². The smallest absolute Gasteiger partial charge is 0.143 e. The molecular formula is C11H13BrClN3. The fourth-order valence-electron chi connectivity index (χ4n) is 1.59. The Labute approximate surface area is 109 Å². The van der Waals surface area contributed by atoms with Crippen molar-refractivity contribution in [3.8, 4) is 0 Å². The van der Waals surface area contributed by atoms with E-state index in [4.69, 9.17) is 5.84 Å². The number of benzene rings is 1. The molecule has 0 aliphatic carbocycles. The van der Waals surface area contributed by atoms with E-state index < -0.39 is 0 Å². The Morgan fingerprint density at radius 2 is 2.12 bits per heavy atom. The van der Waals surface area contributed by atoms with Gasteiger partial charge in [-0.1, -0.05) is 22.9 Å². The molecule has 0 atom stereocenters. The summed E-state index contributed by atoms with van der Waals surface area (Å²) in [6, 6.07) is 8.12. The Morgan fingerprint density at radius 3 is 2.75 bits per heavy atom. The predicted molar refractivity (Wildman–Crippen MR) is 73.9 cm³/mol. The van der Waals surface area contributed by atoms with E-state index in [2.05, 4.69) is 45.4 Å². The molecule has 0 aliphatic rings. The SMILES string of the molecule is CCc1cc2cc(Br)ccc2nc1NN.Cl. The minimum atomic E-state index is 0. The van der Waals surface area contributed by atoms with Gasteiger partial charge in [0.05, 0.1) is 5.52 Å². The number of aromatic nitrogens is 1. The van der Waals surface area contributed by atoms with Crippen LogP contribution in [-0.4, -0.2) is 4.98 Å². The number of hydrazine groups is 1. The zero-order valence-corrected chi connectivity index (χ0v) is 11.2. The van der Waals surface area contributed by atoms with Gasteiger partial charge in [-0.25, -0.2) is 10.8 Å². The number of rotatable bonds is 2. The van der Waals surface area contributed by atoms with Crippen LogP contribution in [0, 0.1) is 0 Å². The van der Waals surface area contributed by atoms with Crippen LogP contribution in [0.1, 0.15) is 12.5 Å². The number of nitrogens with zero attached hydrogens (tertiary/aromatic N) is 1. The second kappa shape index (κ2) is 5.48. The number of nitrogens with one attached hydrogen (secondary N) is 1. The molecule has 0 fully saturated rings. The fourth-order valence-corrected chi connectivity index (χ4v) is 1.96. The van der Waals surface area contributed by atoms with Crippen molar-refractivity contribution in [2.24, 2.45) is 5.84 Å². The second-order valence-corrected chi connectivity index (χ2v) is 4.25. The number of nitrogen functional groups attached to an aromatic ring is 1. The molecule has 3 N–H and O–H groups in total. The van der Waals surface area contributed by atoms with Crippen LogP contribution in [0.5, 0.6) is 0 Å². The molecule has 1 aromatic carbocycles. The summed E-state index contributed by atoms with van der Waals surface area (Å²) in [4.78, 5) is 4.45. The molecule has 1 aromatic heterocycles. The number of hydrogen-bond donors (Lipinski definition) is 2. The molecule has 16 heavy (non-hydrogen) atoms. The molecule has 2 rings (SSSR count). The molecule has 2 aromatic rings. The summed E-state index contributed by atoms with van der Waals surface area (Å²) in [5.74, 6) is 6.18. The van der Waals surface area contributed by atoms with E-state index in [1.165, 1.54) is 0 Å². The van der Waals surface area contributed by atoms with Gasteiger partial charge in [0.25, 0.3) is 0 Å². The Bertz CT molecular complexity index is 502. The van der Waals surface area contributed by atoms with Crippen molar-refractivity contribution in [2.75, 3.05) is 5.43 Å². The lowest BCUT2D eigenvalue weighted by molar-refractivity contribution is 1.10. The Kier molecular flexibility index (Phi) is 4.53. The highest BCUT2D eigenvalue weighted by Crippen LogP contribution is 2.23. The first-order valence-electron chi connectivity index (χ1n) is 4.80. The van der Waals surface area contributed by atoms with E-state index >= 15 is 0 Å². The molecule has 0 radical (unpaired) electrons. The van der Waals surface area contributed by atoms with Gasteiger partial charge in [-0.3, -0.25) is 0 Å². The van der Waals surface area contributed by atoms with Gasteiger partial charge in [0.2, 0.25) is 0 Å². The molecule has 3 nitrogen and oxygen atoms in total. The van der Waals surface area contributed by atoms with Crippen LogP contribution in [0.3, 0.4) is 0 Å². The van der Waals surface area contributed by atoms with E-state index in [-0.39, 0.29) is 12.4 Å². The molecule has 0 spiro atoms. The number of fused-ring (bicyclic) bond motifs is 1. The average Bonchev–Trinajstić information content (AvgIpc) is 2.27. The molecule has 5 heteroatoms. The van der Waals surface area contributed by atoms with Gasteiger partial charge in [0.15, 0.2) is 0 Å². The van der Waals surface area contributed by atoms with Crippen molar-refractivity contribution in [3.05, 3.63) is 34.3 Å². The van der Waals surface area contributed by atoms with Crippen LogP contribution in [0.4, 0.5) is 5.82 Å². The summed E-state index contributed by atoms with van der Waals surface area (Å²) < 4.78 is 1.06. The van der Waals surface area contributed by atoms with Crippen molar-refractivity contribution < 1.29 is 0 Å². The number of anilines is 1. The molecule has 0 bridgehead atoms. The number of nitrogens with two attached hydrogens (primary N) is 1. The van der Waals surface area contributed by atoms with Gasteiger partial charge in [0, 0.05) is 9.86 Å². The van der Waals surface area contributed by atoms with E-state index in [1.54, 1.807) is 0 Å². The molecule has 0 unspecified atom stereocenters. The lowest BCUT2D eigenvalue weighted by Gasteiger charge is -2.08. The van der Waals surface area contributed by atoms with Crippen molar-refractivity contribution in [3.63, 3.8) is 0 Å². The van der Waals surface area contributed by atoms with Crippen molar-refractivity contribution >= 4 is 45.1 Å². The van der Waals surface area contributed by atoms with Crippen LogP contribution in [0.25, 0.3) is 10.9 Å². The zero-order chi connectivity index (χ0) is 10.8. The number of halogens is 2. The van der Waals surface area contributed by atoms with Gasteiger partial charge in [0.1, 0.15) is 5.82 Å². The van der Waals surface area contributed by atoms with Crippen LogP contribution in [0.15, 0.2) is 28.7 Å². The average molecular weight is 303 g/mol. The maximum Gasteiger partial charge on any atom is 0.143 e. The zero-order valence-electron chi connectivity index (χ0n) is 8.83. The summed E-state index contributed by atoms with van der Waals surface area (Å²) in [6.07, 6.45) is 0.912. The van der Waals surface area contributed by atoms with Gasteiger partial charge in [-0.05, 0) is 36.2 Å². The monoisotopic (exact) mass is 301 g/mol. The number of hydrogen-bond acceptors (Lipinski definition) is 3. The quantitative estimate of drug-likeness (QED) is 0.661. The summed E-state index contributed by atoms with van der Waals surface area (Å²) in [5, 5.41) is 1.13.